The molecule has 3 rings (SSSR count). The standard InChI is InChI=1S/C21H23N3O3S/c1-3-23(4-2)13-14-27-20(26)15-9-11-16(12-10-15)24-19(25)17-7-5-6-8-18(17)22-21(24)28/h5-12H,3-4,13-14H2,1-2H3,(H,22,28). The lowest BCUT2D eigenvalue weighted by molar-refractivity contribution is 0.0466. The Morgan fingerprint density at radius 1 is 1.11 bits per heavy atom. The number of fused-ring (bicyclic) bond motifs is 1. The van der Waals surface area contributed by atoms with E-state index in [1.54, 1.807) is 30.3 Å². The van der Waals surface area contributed by atoms with Crippen molar-refractivity contribution in [1.82, 2.24) is 14.5 Å². The van der Waals surface area contributed by atoms with E-state index in [9.17, 15) is 9.59 Å². The van der Waals surface area contributed by atoms with Gasteiger partial charge in [0.2, 0.25) is 0 Å². The smallest absolute Gasteiger partial charge is 0.338 e. The second-order valence-corrected chi connectivity index (χ2v) is 6.71. The molecule has 0 unspecified atom stereocenters. The minimum absolute atomic E-state index is 0.200. The Kier molecular flexibility index (Phi) is 6.38. The summed E-state index contributed by atoms with van der Waals surface area (Å²) in [5.74, 6) is -0.380. The monoisotopic (exact) mass is 397 g/mol. The van der Waals surface area contributed by atoms with Crippen molar-refractivity contribution in [3.8, 4) is 5.69 Å². The van der Waals surface area contributed by atoms with Gasteiger partial charge in [0.1, 0.15) is 6.61 Å². The Bertz CT molecular complexity index is 1080. The van der Waals surface area contributed by atoms with Crippen molar-refractivity contribution in [3.63, 3.8) is 0 Å². The fraction of sp³-hybridized carbons (Fsp3) is 0.286. The van der Waals surface area contributed by atoms with Crippen molar-refractivity contribution in [3.05, 3.63) is 69.2 Å². The van der Waals surface area contributed by atoms with Crippen molar-refractivity contribution in [2.24, 2.45) is 0 Å². The van der Waals surface area contributed by atoms with Crippen molar-refractivity contribution >= 4 is 29.1 Å². The largest absolute Gasteiger partial charge is 0.461 e. The number of esters is 1. The van der Waals surface area contributed by atoms with Crippen LogP contribution >= 0.6 is 12.2 Å². The molecule has 0 amide bonds. The van der Waals surface area contributed by atoms with Gasteiger partial charge in [-0.2, -0.15) is 0 Å². The predicted octanol–water partition coefficient (Wildman–Crippen LogP) is 3.55. The van der Waals surface area contributed by atoms with E-state index in [0.717, 1.165) is 13.1 Å². The van der Waals surface area contributed by atoms with E-state index in [1.165, 1.54) is 4.57 Å². The number of likely N-dealkylation sites (N-methyl/N-ethyl adjacent to an activating group) is 1. The van der Waals surface area contributed by atoms with Gasteiger partial charge >= 0.3 is 5.97 Å². The number of aromatic nitrogens is 2. The highest BCUT2D eigenvalue weighted by Gasteiger charge is 2.11. The van der Waals surface area contributed by atoms with E-state index in [4.69, 9.17) is 17.0 Å². The summed E-state index contributed by atoms with van der Waals surface area (Å²) in [5.41, 5.74) is 1.53. The molecule has 0 aliphatic rings. The first-order valence-electron chi connectivity index (χ1n) is 9.29. The molecule has 0 bridgehead atoms. The fourth-order valence-electron chi connectivity index (χ4n) is 3.03. The van der Waals surface area contributed by atoms with Gasteiger partial charge in [0.05, 0.1) is 22.2 Å². The number of hydrogen-bond donors (Lipinski definition) is 1. The number of carbonyl (C=O) groups excluding carboxylic acids is 1. The molecule has 0 saturated carbocycles. The van der Waals surface area contributed by atoms with Crippen molar-refractivity contribution in [1.29, 1.82) is 0 Å². The minimum Gasteiger partial charge on any atom is -0.461 e. The van der Waals surface area contributed by atoms with Crippen LogP contribution in [0.1, 0.15) is 24.2 Å². The molecule has 0 fully saturated rings. The maximum Gasteiger partial charge on any atom is 0.338 e. The van der Waals surface area contributed by atoms with E-state index in [2.05, 4.69) is 23.7 Å². The number of benzene rings is 2. The zero-order valence-electron chi connectivity index (χ0n) is 16.0. The lowest BCUT2D eigenvalue weighted by atomic mass is 10.2. The highest BCUT2D eigenvalue weighted by Crippen LogP contribution is 2.12. The summed E-state index contributed by atoms with van der Waals surface area (Å²) >= 11 is 5.35. The summed E-state index contributed by atoms with van der Waals surface area (Å²) in [4.78, 5) is 30.3. The molecule has 0 atom stereocenters. The molecule has 146 valence electrons. The van der Waals surface area contributed by atoms with Crippen LogP contribution in [0.5, 0.6) is 0 Å². The predicted molar refractivity (Wildman–Crippen MR) is 113 cm³/mol. The number of hydrogen-bond acceptors (Lipinski definition) is 5. The van der Waals surface area contributed by atoms with Crippen LogP contribution in [0.25, 0.3) is 16.6 Å². The molecule has 3 aromatic rings. The Morgan fingerprint density at radius 3 is 2.46 bits per heavy atom. The summed E-state index contributed by atoms with van der Waals surface area (Å²) in [5, 5.41) is 0.552. The Labute approximate surface area is 168 Å². The van der Waals surface area contributed by atoms with Crippen LogP contribution in [0.3, 0.4) is 0 Å². The highest BCUT2D eigenvalue weighted by molar-refractivity contribution is 7.71. The molecule has 1 N–H and O–H groups in total. The number of ether oxygens (including phenoxy) is 1. The topological polar surface area (TPSA) is 67.3 Å². The zero-order valence-corrected chi connectivity index (χ0v) is 16.8. The van der Waals surface area contributed by atoms with Crippen LogP contribution in [0.2, 0.25) is 0 Å². The zero-order chi connectivity index (χ0) is 20.1. The first kappa shape index (κ1) is 20.0. The van der Waals surface area contributed by atoms with E-state index in [0.29, 0.717) is 40.1 Å². The minimum atomic E-state index is -0.380. The molecule has 0 aliphatic heterocycles. The van der Waals surface area contributed by atoms with Crippen LogP contribution in [0.4, 0.5) is 0 Å². The van der Waals surface area contributed by atoms with Crippen LogP contribution in [-0.2, 0) is 4.74 Å². The van der Waals surface area contributed by atoms with Gasteiger partial charge in [-0.25, -0.2) is 4.79 Å². The summed E-state index contributed by atoms with van der Waals surface area (Å²) in [7, 11) is 0. The maximum atomic E-state index is 12.8. The molecule has 1 aromatic heterocycles. The van der Waals surface area contributed by atoms with Gasteiger partial charge in [-0.1, -0.05) is 26.0 Å². The average molecular weight is 398 g/mol. The first-order chi connectivity index (χ1) is 13.5. The molecular weight excluding hydrogens is 374 g/mol. The van der Waals surface area contributed by atoms with Crippen LogP contribution in [0.15, 0.2) is 53.3 Å². The van der Waals surface area contributed by atoms with Gasteiger partial charge in [-0.15, -0.1) is 0 Å². The number of H-pyrrole nitrogens is 1. The van der Waals surface area contributed by atoms with Gasteiger partial charge in [0, 0.05) is 6.54 Å². The lowest BCUT2D eigenvalue weighted by Crippen LogP contribution is -2.27. The van der Waals surface area contributed by atoms with Crippen LogP contribution in [0, 0.1) is 4.77 Å². The average Bonchev–Trinajstić information content (AvgIpc) is 2.71. The third-order valence-corrected chi connectivity index (χ3v) is 4.99. The number of nitrogens with one attached hydrogen (secondary N) is 1. The van der Waals surface area contributed by atoms with Gasteiger partial charge in [-0.3, -0.25) is 9.36 Å². The number of nitrogens with zero attached hydrogens (tertiary/aromatic N) is 2. The Hall–Kier alpha value is -2.77. The molecule has 0 aliphatic carbocycles. The summed E-state index contributed by atoms with van der Waals surface area (Å²) < 4.78 is 7.06. The van der Waals surface area contributed by atoms with Gasteiger partial charge < -0.3 is 14.6 Å². The second kappa shape index (κ2) is 8.95. The van der Waals surface area contributed by atoms with E-state index in [1.807, 2.05) is 18.2 Å². The SMILES string of the molecule is CCN(CC)CCOC(=O)c1ccc(-n2c(=S)[nH]c3ccccc3c2=O)cc1. The molecular formula is C21H23N3O3S. The maximum absolute atomic E-state index is 12.8. The van der Waals surface area contributed by atoms with E-state index < -0.39 is 0 Å². The van der Waals surface area contributed by atoms with E-state index in [-0.39, 0.29) is 11.5 Å². The third kappa shape index (κ3) is 4.21. The third-order valence-electron chi connectivity index (χ3n) is 4.70. The summed E-state index contributed by atoms with van der Waals surface area (Å²) in [6, 6.07) is 13.9. The number of rotatable bonds is 7. The van der Waals surface area contributed by atoms with Crippen molar-refractivity contribution in [2.75, 3.05) is 26.2 Å². The number of para-hydroxylation sites is 1. The van der Waals surface area contributed by atoms with Gasteiger partial charge in [0.15, 0.2) is 4.77 Å². The summed E-state index contributed by atoms with van der Waals surface area (Å²) in [6.07, 6.45) is 0. The molecule has 0 saturated heterocycles. The van der Waals surface area contributed by atoms with E-state index >= 15 is 0 Å². The Morgan fingerprint density at radius 2 is 1.79 bits per heavy atom. The lowest BCUT2D eigenvalue weighted by Gasteiger charge is -2.17. The first-order valence-corrected chi connectivity index (χ1v) is 9.70. The van der Waals surface area contributed by atoms with Gasteiger partial charge in [-0.05, 0) is 61.7 Å². The highest BCUT2D eigenvalue weighted by atomic mass is 32.1. The van der Waals surface area contributed by atoms with Gasteiger partial charge in [0.25, 0.3) is 5.56 Å². The fourth-order valence-corrected chi connectivity index (χ4v) is 3.33. The normalized spacial score (nSPS) is 11.1. The number of aromatic amines is 1. The number of carbonyl (C=O) groups is 1. The molecule has 28 heavy (non-hydrogen) atoms. The quantitative estimate of drug-likeness (QED) is 0.488. The second-order valence-electron chi connectivity index (χ2n) is 6.33. The van der Waals surface area contributed by atoms with Crippen molar-refractivity contribution < 1.29 is 9.53 Å². The molecule has 1 heterocycles. The molecule has 7 heteroatoms. The molecule has 2 aromatic carbocycles. The molecule has 0 spiro atoms. The van der Waals surface area contributed by atoms with Crippen molar-refractivity contribution in [2.45, 2.75) is 13.8 Å². The van der Waals surface area contributed by atoms with Crippen LogP contribution in [-0.4, -0.2) is 46.7 Å². The Balaban J connectivity index is 1.80. The van der Waals surface area contributed by atoms with Crippen LogP contribution < -0.4 is 5.56 Å². The molecule has 6 nitrogen and oxygen atoms in total. The summed E-state index contributed by atoms with van der Waals surface area (Å²) in [6.45, 7) is 7.04. The molecule has 0 radical (unpaired) electrons.